The predicted octanol–water partition coefficient (Wildman–Crippen LogP) is 4.42. The second-order valence-electron chi connectivity index (χ2n) is 3.43. The van der Waals surface area contributed by atoms with Gasteiger partial charge in [0.15, 0.2) is 0 Å². The molecular formula is C12H7ClF3N. The Morgan fingerprint density at radius 3 is 2.24 bits per heavy atom. The number of nitrogens with zero attached hydrogens (tertiary/aromatic N) is 1. The van der Waals surface area contributed by atoms with Gasteiger partial charge in [0.05, 0.1) is 5.56 Å². The molecule has 0 spiro atoms. The van der Waals surface area contributed by atoms with E-state index < -0.39 is 11.7 Å². The summed E-state index contributed by atoms with van der Waals surface area (Å²) in [6.45, 7) is 0. The van der Waals surface area contributed by atoms with Gasteiger partial charge in [-0.25, -0.2) is 0 Å². The Hall–Kier alpha value is -1.55. The first-order valence-electron chi connectivity index (χ1n) is 4.75. The lowest BCUT2D eigenvalue weighted by atomic mass is 10.0. The Labute approximate surface area is 101 Å². The molecule has 1 aromatic heterocycles. The smallest absolute Gasteiger partial charge is 0.265 e. The van der Waals surface area contributed by atoms with Crippen LogP contribution in [0.3, 0.4) is 0 Å². The maximum atomic E-state index is 12.6. The van der Waals surface area contributed by atoms with Crippen molar-refractivity contribution in [3.63, 3.8) is 0 Å². The Morgan fingerprint density at radius 1 is 1.00 bits per heavy atom. The molecule has 17 heavy (non-hydrogen) atoms. The minimum Gasteiger partial charge on any atom is -0.265 e. The van der Waals surface area contributed by atoms with Gasteiger partial charge in [-0.3, -0.25) is 4.98 Å². The lowest BCUT2D eigenvalue weighted by Gasteiger charge is -2.10. The van der Waals surface area contributed by atoms with Crippen LogP contribution in [0.5, 0.6) is 0 Å². The zero-order chi connectivity index (χ0) is 12.5. The first kappa shape index (κ1) is 11.9. The number of aromatic nitrogens is 1. The number of benzene rings is 1. The topological polar surface area (TPSA) is 12.9 Å². The molecule has 2 rings (SSSR count). The highest BCUT2D eigenvalue weighted by molar-refractivity contribution is 6.33. The van der Waals surface area contributed by atoms with E-state index in [9.17, 15) is 13.2 Å². The fraction of sp³-hybridized carbons (Fsp3) is 0.0833. The molecule has 0 N–H and O–H groups in total. The normalized spacial score (nSPS) is 11.5. The summed E-state index contributed by atoms with van der Waals surface area (Å²) >= 11 is 5.89. The highest BCUT2D eigenvalue weighted by Crippen LogP contribution is 2.35. The molecule has 0 unspecified atom stereocenters. The van der Waals surface area contributed by atoms with E-state index in [-0.39, 0.29) is 5.02 Å². The van der Waals surface area contributed by atoms with Crippen molar-refractivity contribution in [2.24, 2.45) is 0 Å². The third kappa shape index (κ3) is 2.58. The van der Waals surface area contributed by atoms with Crippen LogP contribution in [0.15, 0.2) is 42.7 Å². The monoisotopic (exact) mass is 257 g/mol. The summed E-state index contributed by atoms with van der Waals surface area (Å²) in [6, 6.07) is 6.48. The third-order valence-corrected chi connectivity index (χ3v) is 2.61. The standard InChI is InChI=1S/C12H7ClF3N/c13-11-2-1-9(12(14,15)16)7-10(11)8-3-5-17-6-4-8/h1-7H. The zero-order valence-electron chi connectivity index (χ0n) is 8.50. The SMILES string of the molecule is FC(F)(F)c1ccc(Cl)c(-c2ccncc2)c1. The molecule has 0 saturated heterocycles. The Morgan fingerprint density at radius 2 is 1.65 bits per heavy atom. The van der Waals surface area contributed by atoms with Crippen molar-refractivity contribution in [1.82, 2.24) is 4.98 Å². The molecule has 0 aliphatic rings. The van der Waals surface area contributed by atoms with E-state index in [0.717, 1.165) is 12.1 Å². The van der Waals surface area contributed by atoms with E-state index in [4.69, 9.17) is 11.6 Å². The van der Waals surface area contributed by atoms with Crippen LogP contribution in [-0.4, -0.2) is 4.98 Å². The van der Waals surface area contributed by atoms with Crippen molar-refractivity contribution in [3.05, 3.63) is 53.3 Å². The van der Waals surface area contributed by atoms with Crippen LogP contribution < -0.4 is 0 Å². The lowest BCUT2D eigenvalue weighted by Crippen LogP contribution is -2.04. The van der Waals surface area contributed by atoms with Crippen molar-refractivity contribution in [1.29, 1.82) is 0 Å². The summed E-state index contributed by atoms with van der Waals surface area (Å²) in [5, 5.41) is 0.282. The first-order valence-corrected chi connectivity index (χ1v) is 5.13. The van der Waals surface area contributed by atoms with Crippen LogP contribution in [-0.2, 0) is 6.18 Å². The molecule has 0 atom stereocenters. The summed E-state index contributed by atoms with van der Waals surface area (Å²) < 4.78 is 37.7. The highest BCUT2D eigenvalue weighted by Gasteiger charge is 2.30. The molecule has 1 nitrogen and oxygen atoms in total. The number of alkyl halides is 3. The summed E-state index contributed by atoms with van der Waals surface area (Å²) in [6.07, 6.45) is -1.36. The molecule has 1 aromatic carbocycles. The molecule has 2 aromatic rings. The van der Waals surface area contributed by atoms with Crippen molar-refractivity contribution in [2.45, 2.75) is 6.18 Å². The lowest BCUT2D eigenvalue weighted by molar-refractivity contribution is -0.137. The second kappa shape index (κ2) is 4.37. The molecule has 0 amide bonds. The molecule has 0 fully saturated rings. The van der Waals surface area contributed by atoms with Crippen LogP contribution in [0.25, 0.3) is 11.1 Å². The molecule has 5 heteroatoms. The summed E-state index contributed by atoms with van der Waals surface area (Å²) in [5.41, 5.74) is 0.244. The summed E-state index contributed by atoms with van der Waals surface area (Å²) in [5.74, 6) is 0. The van der Waals surface area contributed by atoms with Gasteiger partial charge >= 0.3 is 6.18 Å². The van der Waals surface area contributed by atoms with Gasteiger partial charge in [0, 0.05) is 23.0 Å². The van der Waals surface area contributed by atoms with Crippen LogP contribution >= 0.6 is 11.6 Å². The van der Waals surface area contributed by atoms with Gasteiger partial charge in [-0.2, -0.15) is 13.2 Å². The van der Waals surface area contributed by atoms with Crippen molar-refractivity contribution in [2.75, 3.05) is 0 Å². The number of halogens is 4. The van der Waals surface area contributed by atoms with Crippen molar-refractivity contribution >= 4 is 11.6 Å². The number of pyridine rings is 1. The second-order valence-corrected chi connectivity index (χ2v) is 3.84. The fourth-order valence-corrected chi connectivity index (χ4v) is 1.68. The van der Waals surface area contributed by atoms with Gasteiger partial charge in [0.2, 0.25) is 0 Å². The van der Waals surface area contributed by atoms with Crippen molar-refractivity contribution < 1.29 is 13.2 Å². The fourth-order valence-electron chi connectivity index (χ4n) is 1.45. The Bertz CT molecular complexity index is 523. The third-order valence-electron chi connectivity index (χ3n) is 2.29. The molecule has 88 valence electrons. The maximum Gasteiger partial charge on any atom is 0.416 e. The van der Waals surface area contributed by atoms with Gasteiger partial charge in [0.25, 0.3) is 0 Å². The van der Waals surface area contributed by atoms with Gasteiger partial charge in [0.1, 0.15) is 0 Å². The van der Waals surface area contributed by atoms with E-state index >= 15 is 0 Å². The molecule has 0 bridgehead atoms. The highest BCUT2D eigenvalue weighted by atomic mass is 35.5. The Balaban J connectivity index is 2.55. The minimum absolute atomic E-state index is 0.282. The van der Waals surface area contributed by atoms with Gasteiger partial charge in [-0.05, 0) is 35.9 Å². The van der Waals surface area contributed by atoms with Crippen LogP contribution in [0.1, 0.15) is 5.56 Å². The minimum atomic E-state index is -4.37. The molecule has 1 heterocycles. The predicted molar refractivity (Wildman–Crippen MR) is 59.7 cm³/mol. The average molecular weight is 258 g/mol. The van der Waals surface area contributed by atoms with Crippen LogP contribution in [0.4, 0.5) is 13.2 Å². The number of hydrogen-bond donors (Lipinski definition) is 0. The first-order chi connectivity index (χ1) is 7.98. The van der Waals surface area contributed by atoms with E-state index in [1.54, 1.807) is 12.1 Å². The average Bonchev–Trinajstić information content (AvgIpc) is 2.29. The summed E-state index contributed by atoms with van der Waals surface area (Å²) in [4.78, 5) is 3.81. The van der Waals surface area contributed by atoms with Gasteiger partial charge in [-0.1, -0.05) is 11.6 Å². The van der Waals surface area contributed by atoms with E-state index in [2.05, 4.69) is 4.98 Å². The largest absolute Gasteiger partial charge is 0.416 e. The van der Waals surface area contributed by atoms with E-state index in [1.165, 1.54) is 18.5 Å². The van der Waals surface area contributed by atoms with Crippen LogP contribution in [0, 0.1) is 0 Å². The van der Waals surface area contributed by atoms with Crippen LogP contribution in [0.2, 0.25) is 5.02 Å². The van der Waals surface area contributed by atoms with Gasteiger partial charge < -0.3 is 0 Å². The maximum absolute atomic E-state index is 12.6. The molecule has 0 aliphatic carbocycles. The molecule has 0 saturated carbocycles. The molecular weight excluding hydrogens is 251 g/mol. The van der Waals surface area contributed by atoms with Crippen molar-refractivity contribution in [3.8, 4) is 11.1 Å². The number of rotatable bonds is 1. The number of hydrogen-bond acceptors (Lipinski definition) is 1. The summed E-state index contributed by atoms with van der Waals surface area (Å²) in [7, 11) is 0. The molecule has 0 radical (unpaired) electrons. The molecule has 0 aliphatic heterocycles. The Kier molecular flexibility index (Phi) is 3.07. The zero-order valence-corrected chi connectivity index (χ0v) is 9.26. The van der Waals surface area contributed by atoms with E-state index in [0.29, 0.717) is 11.1 Å². The quantitative estimate of drug-likeness (QED) is 0.737. The van der Waals surface area contributed by atoms with E-state index in [1.807, 2.05) is 0 Å². The van der Waals surface area contributed by atoms with Gasteiger partial charge in [-0.15, -0.1) is 0 Å².